The molecule has 24 heavy (non-hydrogen) atoms. The van der Waals surface area contributed by atoms with Crippen LogP contribution in [-0.2, 0) is 6.54 Å². The van der Waals surface area contributed by atoms with Crippen LogP contribution in [0.15, 0.2) is 42.6 Å². The molecule has 0 radical (unpaired) electrons. The number of piperazine rings is 1. The summed E-state index contributed by atoms with van der Waals surface area (Å²) in [7, 11) is 2.12. The summed E-state index contributed by atoms with van der Waals surface area (Å²) >= 11 is 5.85. The first-order valence-electron chi connectivity index (χ1n) is 8.04. The van der Waals surface area contributed by atoms with Crippen molar-refractivity contribution in [3.63, 3.8) is 0 Å². The Morgan fingerprint density at radius 1 is 1.12 bits per heavy atom. The van der Waals surface area contributed by atoms with Crippen LogP contribution in [-0.4, -0.2) is 49.0 Å². The summed E-state index contributed by atoms with van der Waals surface area (Å²) in [6.07, 6.45) is 1.64. The molecule has 1 saturated heterocycles. The Hall–Kier alpha value is -2.11. The number of benzene rings is 1. The summed E-state index contributed by atoms with van der Waals surface area (Å²) in [6, 6.07) is 11.2. The topological polar surface area (TPSA) is 48.5 Å². The Morgan fingerprint density at radius 3 is 2.46 bits per heavy atom. The van der Waals surface area contributed by atoms with Crippen LogP contribution in [0.2, 0.25) is 5.02 Å². The summed E-state index contributed by atoms with van der Waals surface area (Å²) in [5.41, 5.74) is 1.58. The lowest BCUT2D eigenvalue weighted by Gasteiger charge is -2.33. The number of hydrogen-bond acceptors (Lipinski definition) is 4. The molecular weight excluding hydrogens is 324 g/mol. The van der Waals surface area contributed by atoms with Gasteiger partial charge in [-0.15, -0.1) is 0 Å². The van der Waals surface area contributed by atoms with Crippen molar-refractivity contribution in [2.45, 2.75) is 6.54 Å². The molecule has 1 aromatic carbocycles. The van der Waals surface area contributed by atoms with E-state index in [1.807, 2.05) is 36.4 Å². The first kappa shape index (κ1) is 16.7. The number of amides is 1. The molecule has 3 rings (SSSR count). The lowest BCUT2D eigenvalue weighted by Crippen LogP contribution is -2.44. The second kappa shape index (κ2) is 7.64. The fourth-order valence-corrected chi connectivity index (χ4v) is 2.76. The van der Waals surface area contributed by atoms with Crippen molar-refractivity contribution in [1.82, 2.24) is 15.2 Å². The highest BCUT2D eigenvalue weighted by atomic mass is 35.5. The summed E-state index contributed by atoms with van der Waals surface area (Å²) < 4.78 is 0. The zero-order valence-corrected chi connectivity index (χ0v) is 14.5. The Balaban J connectivity index is 1.56. The van der Waals surface area contributed by atoms with Gasteiger partial charge in [-0.1, -0.05) is 23.7 Å². The van der Waals surface area contributed by atoms with Gasteiger partial charge >= 0.3 is 0 Å². The number of carbonyl (C=O) groups excluding carboxylic acids is 1. The minimum atomic E-state index is -0.123. The van der Waals surface area contributed by atoms with E-state index in [2.05, 4.69) is 27.1 Å². The number of halogens is 1. The Bertz CT molecular complexity index is 679. The summed E-state index contributed by atoms with van der Waals surface area (Å²) in [6.45, 7) is 4.46. The van der Waals surface area contributed by atoms with Crippen LogP contribution < -0.4 is 10.2 Å². The van der Waals surface area contributed by atoms with E-state index in [1.54, 1.807) is 6.20 Å². The lowest BCUT2D eigenvalue weighted by molar-refractivity contribution is 0.0950. The van der Waals surface area contributed by atoms with Crippen LogP contribution in [0.25, 0.3) is 0 Å². The molecule has 1 N–H and O–H groups in total. The molecule has 5 nitrogen and oxygen atoms in total. The Kier molecular flexibility index (Phi) is 5.33. The highest BCUT2D eigenvalue weighted by Gasteiger charge is 2.15. The predicted molar refractivity (Wildman–Crippen MR) is 96.6 cm³/mol. The van der Waals surface area contributed by atoms with Crippen molar-refractivity contribution in [2.75, 3.05) is 38.1 Å². The largest absolute Gasteiger partial charge is 0.354 e. The molecule has 1 aliphatic heterocycles. The second-order valence-electron chi connectivity index (χ2n) is 6.00. The van der Waals surface area contributed by atoms with E-state index in [0.717, 1.165) is 37.6 Å². The molecule has 1 fully saturated rings. The molecular formula is C18H21ClN4O. The van der Waals surface area contributed by atoms with Crippen LogP contribution in [0.5, 0.6) is 0 Å². The standard InChI is InChI=1S/C18H21ClN4O/c1-22-8-10-23(11-9-22)17-7-4-15(13-20-17)18(24)21-12-14-2-5-16(19)6-3-14/h2-7,13H,8-12H2,1H3,(H,21,24). The van der Waals surface area contributed by atoms with E-state index in [0.29, 0.717) is 17.1 Å². The normalized spacial score (nSPS) is 15.3. The van der Waals surface area contributed by atoms with Gasteiger partial charge in [-0.3, -0.25) is 4.79 Å². The van der Waals surface area contributed by atoms with E-state index in [9.17, 15) is 4.79 Å². The van der Waals surface area contributed by atoms with Gasteiger partial charge in [0.2, 0.25) is 0 Å². The highest BCUT2D eigenvalue weighted by Crippen LogP contribution is 2.14. The van der Waals surface area contributed by atoms with Crippen molar-refractivity contribution in [3.8, 4) is 0 Å². The van der Waals surface area contributed by atoms with Crippen molar-refractivity contribution >= 4 is 23.3 Å². The summed E-state index contributed by atoms with van der Waals surface area (Å²) in [4.78, 5) is 21.2. The molecule has 1 aliphatic rings. The number of nitrogens with zero attached hydrogens (tertiary/aromatic N) is 3. The van der Waals surface area contributed by atoms with Crippen LogP contribution in [0.4, 0.5) is 5.82 Å². The van der Waals surface area contributed by atoms with E-state index in [1.165, 1.54) is 0 Å². The average Bonchev–Trinajstić information content (AvgIpc) is 2.62. The molecule has 2 aromatic rings. The Morgan fingerprint density at radius 2 is 1.83 bits per heavy atom. The van der Waals surface area contributed by atoms with E-state index in [-0.39, 0.29) is 5.91 Å². The molecule has 126 valence electrons. The molecule has 0 saturated carbocycles. The van der Waals surface area contributed by atoms with Crippen LogP contribution in [0.3, 0.4) is 0 Å². The molecule has 1 amide bonds. The summed E-state index contributed by atoms with van der Waals surface area (Å²) in [5.74, 6) is 0.805. The van der Waals surface area contributed by atoms with Gasteiger partial charge in [0.05, 0.1) is 5.56 Å². The monoisotopic (exact) mass is 344 g/mol. The smallest absolute Gasteiger partial charge is 0.253 e. The van der Waals surface area contributed by atoms with E-state index >= 15 is 0 Å². The summed E-state index contributed by atoms with van der Waals surface area (Å²) in [5, 5.41) is 3.59. The number of rotatable bonds is 4. The highest BCUT2D eigenvalue weighted by molar-refractivity contribution is 6.30. The van der Waals surface area contributed by atoms with Gasteiger partial charge in [0, 0.05) is 43.9 Å². The fraction of sp³-hybridized carbons (Fsp3) is 0.333. The van der Waals surface area contributed by atoms with Crippen LogP contribution in [0, 0.1) is 0 Å². The third-order valence-electron chi connectivity index (χ3n) is 4.20. The zero-order chi connectivity index (χ0) is 16.9. The number of pyridine rings is 1. The first-order valence-corrected chi connectivity index (χ1v) is 8.42. The predicted octanol–water partition coefficient (Wildman–Crippen LogP) is 2.42. The third-order valence-corrected chi connectivity index (χ3v) is 4.46. The first-order chi connectivity index (χ1) is 11.6. The SMILES string of the molecule is CN1CCN(c2ccc(C(=O)NCc3ccc(Cl)cc3)cn2)CC1. The average molecular weight is 345 g/mol. The molecule has 0 spiro atoms. The number of likely N-dealkylation sites (N-methyl/N-ethyl adjacent to an activating group) is 1. The van der Waals surface area contributed by atoms with Gasteiger partial charge < -0.3 is 15.1 Å². The quantitative estimate of drug-likeness (QED) is 0.925. The molecule has 0 bridgehead atoms. The van der Waals surface area contributed by atoms with Gasteiger partial charge in [-0.2, -0.15) is 0 Å². The molecule has 1 aromatic heterocycles. The maximum absolute atomic E-state index is 12.2. The minimum Gasteiger partial charge on any atom is -0.354 e. The molecule has 6 heteroatoms. The molecule has 0 unspecified atom stereocenters. The number of hydrogen-bond donors (Lipinski definition) is 1. The van der Waals surface area contributed by atoms with E-state index in [4.69, 9.17) is 11.6 Å². The maximum atomic E-state index is 12.2. The van der Waals surface area contributed by atoms with Crippen molar-refractivity contribution < 1.29 is 4.79 Å². The van der Waals surface area contributed by atoms with Crippen molar-refractivity contribution in [1.29, 1.82) is 0 Å². The van der Waals surface area contributed by atoms with E-state index < -0.39 is 0 Å². The van der Waals surface area contributed by atoms with Crippen molar-refractivity contribution in [3.05, 3.63) is 58.7 Å². The lowest BCUT2D eigenvalue weighted by atomic mass is 10.2. The second-order valence-corrected chi connectivity index (χ2v) is 6.44. The number of anilines is 1. The minimum absolute atomic E-state index is 0.123. The van der Waals surface area contributed by atoms with Gasteiger partial charge in [-0.05, 0) is 36.9 Å². The number of nitrogens with one attached hydrogen (secondary N) is 1. The number of aromatic nitrogens is 1. The van der Waals surface area contributed by atoms with Crippen LogP contribution in [0.1, 0.15) is 15.9 Å². The fourth-order valence-electron chi connectivity index (χ4n) is 2.63. The van der Waals surface area contributed by atoms with Gasteiger partial charge in [0.25, 0.3) is 5.91 Å². The molecule has 0 aliphatic carbocycles. The van der Waals surface area contributed by atoms with Gasteiger partial charge in [0.1, 0.15) is 5.82 Å². The molecule has 0 atom stereocenters. The third kappa shape index (κ3) is 4.24. The van der Waals surface area contributed by atoms with Crippen molar-refractivity contribution in [2.24, 2.45) is 0 Å². The molecule has 2 heterocycles. The van der Waals surface area contributed by atoms with Gasteiger partial charge in [0.15, 0.2) is 0 Å². The number of carbonyl (C=O) groups is 1. The van der Waals surface area contributed by atoms with Gasteiger partial charge in [-0.25, -0.2) is 4.98 Å². The zero-order valence-electron chi connectivity index (χ0n) is 13.7. The van der Waals surface area contributed by atoms with Crippen LogP contribution >= 0.6 is 11.6 Å². The Labute approximate surface area is 147 Å². The maximum Gasteiger partial charge on any atom is 0.253 e.